The lowest BCUT2D eigenvalue weighted by atomic mass is 10.2. The van der Waals surface area contributed by atoms with Crippen LogP contribution in [0.15, 0.2) is 0 Å². The summed E-state index contributed by atoms with van der Waals surface area (Å²) >= 11 is 0. The number of sulfonamides is 1. The van der Waals surface area contributed by atoms with Gasteiger partial charge in [0.15, 0.2) is 0 Å². The molecule has 0 rings (SSSR count). The highest BCUT2D eigenvalue weighted by molar-refractivity contribution is 7.89. The lowest BCUT2D eigenvalue weighted by molar-refractivity contribution is 0.216. The predicted molar refractivity (Wildman–Crippen MR) is 45.8 cm³/mol. The Morgan fingerprint density at radius 1 is 1.46 bits per heavy atom. The fraction of sp³-hybridized carbons (Fsp3) is 1.00. The van der Waals surface area contributed by atoms with Crippen LogP contribution < -0.4 is 5.73 Å². The van der Waals surface area contributed by atoms with Gasteiger partial charge in [0.1, 0.15) is 0 Å². The minimum Gasteiger partial charge on any atom is -0.330 e. The monoisotopic (exact) mass is 216 g/mol. The van der Waals surface area contributed by atoms with E-state index in [1.165, 1.54) is 6.92 Å². The molecule has 0 saturated carbocycles. The van der Waals surface area contributed by atoms with E-state index in [1.807, 2.05) is 0 Å². The first-order valence-corrected chi connectivity index (χ1v) is 5.29. The van der Waals surface area contributed by atoms with Crippen molar-refractivity contribution in [3.63, 3.8) is 0 Å². The van der Waals surface area contributed by atoms with E-state index in [4.69, 9.17) is 5.73 Å². The molecule has 0 spiro atoms. The van der Waals surface area contributed by atoms with Crippen LogP contribution in [0.4, 0.5) is 8.78 Å². The Hall–Kier alpha value is -0.270. The molecule has 0 aliphatic carbocycles. The Labute approximate surface area is 76.8 Å². The summed E-state index contributed by atoms with van der Waals surface area (Å²) in [5.74, 6) is -3.36. The van der Waals surface area contributed by atoms with E-state index >= 15 is 0 Å². The lowest BCUT2D eigenvalue weighted by Crippen LogP contribution is -2.39. The van der Waals surface area contributed by atoms with Crippen molar-refractivity contribution >= 4 is 10.0 Å². The largest absolute Gasteiger partial charge is 0.350 e. The zero-order valence-electron chi connectivity index (χ0n) is 7.57. The van der Waals surface area contributed by atoms with Crippen LogP contribution >= 0.6 is 0 Å². The molecule has 0 fully saturated rings. The first-order chi connectivity index (χ1) is 5.84. The van der Waals surface area contributed by atoms with Crippen LogP contribution in [0.25, 0.3) is 0 Å². The van der Waals surface area contributed by atoms with E-state index in [-0.39, 0.29) is 6.54 Å². The molecule has 0 aromatic rings. The van der Waals surface area contributed by atoms with Crippen molar-refractivity contribution < 1.29 is 17.2 Å². The van der Waals surface area contributed by atoms with Crippen LogP contribution in [0, 0.1) is 0 Å². The smallest absolute Gasteiger partial charge is 0.330 e. The second-order valence-electron chi connectivity index (χ2n) is 2.75. The number of rotatable bonds is 5. The average Bonchev–Trinajstić information content (AvgIpc) is 2.03. The number of hydrogen-bond donors (Lipinski definition) is 1. The number of alkyl halides is 2. The quantitative estimate of drug-likeness (QED) is 0.714. The molecule has 0 amide bonds. The maximum atomic E-state index is 12.0. The maximum Gasteiger partial charge on any atom is 0.350 e. The fourth-order valence-electron chi connectivity index (χ4n) is 0.800. The van der Waals surface area contributed by atoms with Gasteiger partial charge in [-0.3, -0.25) is 0 Å². The third kappa shape index (κ3) is 3.17. The lowest BCUT2D eigenvalue weighted by Gasteiger charge is -2.22. The van der Waals surface area contributed by atoms with Gasteiger partial charge in [0.05, 0.1) is 0 Å². The Morgan fingerprint density at radius 2 is 1.92 bits per heavy atom. The zero-order valence-corrected chi connectivity index (χ0v) is 8.39. The summed E-state index contributed by atoms with van der Waals surface area (Å²) in [4.78, 5) is 0. The van der Waals surface area contributed by atoms with Gasteiger partial charge < -0.3 is 5.73 Å². The normalized spacial score (nSPS) is 15.3. The number of nitrogens with zero attached hydrogens (tertiary/aromatic N) is 1. The number of hydrogen-bond acceptors (Lipinski definition) is 3. The molecule has 0 aromatic heterocycles. The summed E-state index contributed by atoms with van der Waals surface area (Å²) in [7, 11) is -3.33. The van der Waals surface area contributed by atoms with Gasteiger partial charge in [-0.25, -0.2) is 8.42 Å². The van der Waals surface area contributed by atoms with Crippen molar-refractivity contribution in [1.29, 1.82) is 0 Å². The third-order valence-electron chi connectivity index (χ3n) is 1.83. The third-order valence-corrected chi connectivity index (χ3v) is 3.44. The van der Waals surface area contributed by atoms with Gasteiger partial charge in [-0.1, -0.05) is 0 Å². The van der Waals surface area contributed by atoms with E-state index in [1.54, 1.807) is 0 Å². The summed E-state index contributed by atoms with van der Waals surface area (Å²) in [6.45, 7) is 1.80. The highest BCUT2D eigenvalue weighted by atomic mass is 32.2. The first-order valence-electron chi connectivity index (χ1n) is 3.79. The zero-order chi connectivity index (χ0) is 10.6. The summed E-state index contributed by atoms with van der Waals surface area (Å²) in [6, 6.07) is -0.496. The minimum absolute atomic E-state index is 0.268. The Balaban J connectivity index is 4.50. The predicted octanol–water partition coefficient (Wildman–Crippen LogP) is 0.208. The summed E-state index contributed by atoms with van der Waals surface area (Å²) in [5, 5.41) is 0. The molecule has 0 radical (unpaired) electrons. The van der Waals surface area contributed by atoms with Gasteiger partial charge in [0.25, 0.3) is 10.0 Å². The van der Waals surface area contributed by atoms with Gasteiger partial charge in [-0.2, -0.15) is 13.1 Å². The van der Waals surface area contributed by atoms with Crippen LogP contribution in [-0.2, 0) is 10.0 Å². The average molecular weight is 216 g/mol. The van der Waals surface area contributed by atoms with Crippen molar-refractivity contribution in [1.82, 2.24) is 4.31 Å². The Kier molecular flexibility index (Phi) is 4.72. The van der Waals surface area contributed by atoms with Crippen LogP contribution in [0.5, 0.6) is 0 Å². The highest BCUT2D eigenvalue weighted by Gasteiger charge is 2.31. The van der Waals surface area contributed by atoms with Gasteiger partial charge >= 0.3 is 5.76 Å². The molecule has 1 unspecified atom stereocenters. The van der Waals surface area contributed by atoms with Gasteiger partial charge in [0.2, 0.25) is 0 Å². The topological polar surface area (TPSA) is 63.4 Å². The Bertz CT molecular complexity index is 243. The number of nitrogens with two attached hydrogens (primary N) is 1. The molecule has 0 aliphatic rings. The van der Waals surface area contributed by atoms with E-state index in [2.05, 4.69) is 0 Å². The van der Waals surface area contributed by atoms with Crippen molar-refractivity contribution in [3.05, 3.63) is 0 Å². The molecule has 0 saturated heterocycles. The van der Waals surface area contributed by atoms with Gasteiger partial charge in [-0.05, 0) is 19.9 Å². The molecule has 1 atom stereocenters. The van der Waals surface area contributed by atoms with Gasteiger partial charge in [0, 0.05) is 13.1 Å². The van der Waals surface area contributed by atoms with E-state index in [9.17, 15) is 17.2 Å². The summed E-state index contributed by atoms with van der Waals surface area (Å²) in [5.41, 5.74) is 5.18. The molecular formula is C6H14F2N2O2S. The van der Waals surface area contributed by atoms with Crippen molar-refractivity contribution in [2.75, 3.05) is 13.6 Å². The van der Waals surface area contributed by atoms with Crippen LogP contribution in [-0.4, -0.2) is 38.1 Å². The van der Waals surface area contributed by atoms with Crippen molar-refractivity contribution in [2.45, 2.75) is 25.1 Å². The molecule has 2 N–H and O–H groups in total. The minimum atomic E-state index is -4.45. The van der Waals surface area contributed by atoms with Crippen LogP contribution in [0.2, 0.25) is 0 Å². The number of halogens is 2. The first kappa shape index (κ1) is 12.7. The van der Waals surface area contributed by atoms with Crippen molar-refractivity contribution in [2.24, 2.45) is 5.73 Å². The van der Waals surface area contributed by atoms with E-state index in [0.717, 1.165) is 7.05 Å². The second kappa shape index (κ2) is 4.83. The molecule has 0 heterocycles. The van der Waals surface area contributed by atoms with E-state index < -0.39 is 21.8 Å². The molecule has 4 nitrogen and oxygen atoms in total. The summed E-state index contributed by atoms with van der Waals surface area (Å²) in [6.07, 6.45) is 0.364. The Morgan fingerprint density at radius 3 is 2.23 bits per heavy atom. The molecule has 7 heteroatoms. The van der Waals surface area contributed by atoms with Crippen LogP contribution in [0.3, 0.4) is 0 Å². The molecule has 0 aromatic carbocycles. The molecular weight excluding hydrogens is 202 g/mol. The van der Waals surface area contributed by atoms with Gasteiger partial charge in [-0.15, -0.1) is 0 Å². The SMILES string of the molecule is CC(CCN)N(C)S(=O)(=O)C(F)F. The van der Waals surface area contributed by atoms with E-state index in [0.29, 0.717) is 10.7 Å². The fourth-order valence-corrected chi connectivity index (χ4v) is 1.66. The molecule has 0 aliphatic heterocycles. The molecule has 80 valence electrons. The second-order valence-corrected chi connectivity index (χ2v) is 4.71. The molecule has 13 heavy (non-hydrogen) atoms. The highest BCUT2D eigenvalue weighted by Crippen LogP contribution is 2.14. The standard InChI is InChI=1S/C6H14F2N2O2S/c1-5(3-4-9)10(2)13(11,12)6(7)8/h5-6H,3-4,9H2,1-2H3. The van der Waals surface area contributed by atoms with Crippen LogP contribution in [0.1, 0.15) is 13.3 Å². The maximum absolute atomic E-state index is 12.0. The van der Waals surface area contributed by atoms with Crippen molar-refractivity contribution in [3.8, 4) is 0 Å². The summed E-state index contributed by atoms with van der Waals surface area (Å²) < 4.78 is 46.4. The molecule has 0 bridgehead atoms.